The second kappa shape index (κ2) is 10.6. The summed E-state index contributed by atoms with van der Waals surface area (Å²) in [5, 5.41) is 2.96. The molecule has 7 nitrogen and oxygen atoms in total. The minimum Gasteiger partial charge on any atom is -0.354 e. The Bertz CT molecular complexity index is 1510. The smallest absolute Gasteiger partial charge is 0.281 e. The number of benzene rings is 1. The maximum absolute atomic E-state index is 14.4. The predicted molar refractivity (Wildman–Crippen MR) is 149 cm³/mol. The van der Waals surface area contributed by atoms with Gasteiger partial charge in [0, 0.05) is 37.6 Å². The van der Waals surface area contributed by atoms with Crippen molar-refractivity contribution in [2.75, 3.05) is 29.4 Å². The molecule has 11 heteroatoms. The molecule has 2 fully saturated rings. The molecule has 2 aliphatic heterocycles. The summed E-state index contributed by atoms with van der Waals surface area (Å²) in [6.45, 7) is 3.34. The number of rotatable bonds is 6. The fourth-order valence-electron chi connectivity index (χ4n) is 6.39. The molecule has 1 saturated heterocycles. The number of aryl methyl sites for hydroxylation is 1. The van der Waals surface area contributed by atoms with E-state index < -0.39 is 23.4 Å². The highest BCUT2D eigenvalue weighted by molar-refractivity contribution is 6.30. The van der Waals surface area contributed by atoms with Crippen molar-refractivity contribution in [2.24, 2.45) is 5.92 Å². The van der Waals surface area contributed by atoms with E-state index in [1.807, 2.05) is 25.1 Å². The molecule has 1 N–H and O–H groups in total. The van der Waals surface area contributed by atoms with Crippen molar-refractivity contribution in [3.8, 4) is 0 Å². The first kappa shape index (κ1) is 27.5. The monoisotopic (exact) mass is 583 g/mol. The Hall–Kier alpha value is -3.66. The SMILES string of the molecule is Cc1cccc(N2CC3(C2)C(=O)N(CC2CCC(NC(=O)c4cc(Cl)cnc4C(F)F)CC2)c2cc(F)ccc23)n1. The number of alkyl halides is 2. The molecule has 1 saturated carbocycles. The van der Waals surface area contributed by atoms with Gasteiger partial charge in [-0.15, -0.1) is 0 Å². The van der Waals surface area contributed by atoms with Crippen LogP contribution in [-0.2, 0) is 10.2 Å². The highest BCUT2D eigenvalue weighted by Gasteiger charge is 2.58. The highest BCUT2D eigenvalue weighted by Crippen LogP contribution is 2.49. The van der Waals surface area contributed by atoms with Gasteiger partial charge in [0.25, 0.3) is 12.3 Å². The van der Waals surface area contributed by atoms with Crippen LogP contribution in [0.2, 0.25) is 5.02 Å². The zero-order valence-electron chi connectivity index (χ0n) is 22.4. The number of halogens is 4. The Kier molecular flexibility index (Phi) is 7.13. The van der Waals surface area contributed by atoms with E-state index in [1.165, 1.54) is 18.2 Å². The topological polar surface area (TPSA) is 78.4 Å². The number of carbonyl (C=O) groups excluding carboxylic acids is 2. The van der Waals surface area contributed by atoms with Crippen molar-refractivity contribution < 1.29 is 22.8 Å². The maximum atomic E-state index is 14.4. The van der Waals surface area contributed by atoms with Crippen LogP contribution in [0.15, 0.2) is 48.7 Å². The van der Waals surface area contributed by atoms with Crippen molar-refractivity contribution in [3.05, 3.63) is 82.0 Å². The first-order valence-corrected chi connectivity index (χ1v) is 14.1. The van der Waals surface area contributed by atoms with E-state index >= 15 is 0 Å². The summed E-state index contributed by atoms with van der Waals surface area (Å²) in [5.41, 5.74) is 0.814. The molecule has 1 aliphatic carbocycles. The van der Waals surface area contributed by atoms with E-state index in [0.29, 0.717) is 38.2 Å². The second-order valence-corrected chi connectivity index (χ2v) is 11.7. The van der Waals surface area contributed by atoms with E-state index in [1.54, 1.807) is 11.0 Å². The van der Waals surface area contributed by atoms with Gasteiger partial charge in [-0.2, -0.15) is 0 Å². The van der Waals surface area contributed by atoms with Gasteiger partial charge in [0.2, 0.25) is 5.91 Å². The fraction of sp³-hybridized carbons (Fsp3) is 0.400. The lowest BCUT2D eigenvalue weighted by Crippen LogP contribution is -2.64. The molecule has 0 radical (unpaired) electrons. The zero-order valence-corrected chi connectivity index (χ0v) is 23.2. The number of hydrogen-bond acceptors (Lipinski definition) is 5. The van der Waals surface area contributed by atoms with Gasteiger partial charge in [0.15, 0.2) is 0 Å². The number of hydrogen-bond donors (Lipinski definition) is 1. The van der Waals surface area contributed by atoms with Crippen LogP contribution in [0.4, 0.5) is 24.7 Å². The third-order valence-corrected chi connectivity index (χ3v) is 8.71. The fourth-order valence-corrected chi connectivity index (χ4v) is 6.55. The molecule has 0 bridgehead atoms. The molecule has 2 amide bonds. The van der Waals surface area contributed by atoms with Crippen LogP contribution in [-0.4, -0.2) is 47.5 Å². The van der Waals surface area contributed by atoms with Crippen molar-refractivity contribution >= 4 is 34.9 Å². The van der Waals surface area contributed by atoms with Gasteiger partial charge >= 0.3 is 0 Å². The number of aromatic nitrogens is 2. The minimum absolute atomic E-state index is 0.0228. The van der Waals surface area contributed by atoms with Crippen molar-refractivity contribution in [3.63, 3.8) is 0 Å². The minimum atomic E-state index is -2.89. The standard InChI is InChI=1S/C30H29ClF3N5O2/c1-17-3-2-4-25(36-17)38-15-30(16-38)23-10-7-20(32)12-24(23)39(29(30)41)14-18-5-8-21(9-6-18)37-28(40)22-11-19(31)13-35-26(22)27(33)34/h2-4,7,10-13,18,21,27H,5-6,8-9,14-16H2,1H3,(H,37,40). The Balaban J connectivity index is 1.12. The summed E-state index contributed by atoms with van der Waals surface area (Å²) in [7, 11) is 0. The normalized spacial score (nSPS) is 21.3. The Morgan fingerprint density at radius 1 is 1.15 bits per heavy atom. The molecule has 214 valence electrons. The quantitative estimate of drug-likeness (QED) is 0.408. The highest BCUT2D eigenvalue weighted by atomic mass is 35.5. The van der Waals surface area contributed by atoms with Crippen LogP contribution in [0.25, 0.3) is 0 Å². The van der Waals surface area contributed by atoms with Gasteiger partial charge in [-0.3, -0.25) is 14.6 Å². The van der Waals surface area contributed by atoms with Crippen LogP contribution in [0, 0.1) is 18.7 Å². The van der Waals surface area contributed by atoms with Crippen LogP contribution >= 0.6 is 11.6 Å². The number of anilines is 2. The van der Waals surface area contributed by atoms with Crippen molar-refractivity contribution in [1.82, 2.24) is 15.3 Å². The molecule has 41 heavy (non-hydrogen) atoms. The average Bonchev–Trinajstić information content (AvgIpc) is 3.15. The number of fused-ring (bicyclic) bond motifs is 2. The number of nitrogens with one attached hydrogen (secondary N) is 1. The van der Waals surface area contributed by atoms with Crippen molar-refractivity contribution in [1.29, 1.82) is 0 Å². The molecule has 1 spiro atoms. The third-order valence-electron chi connectivity index (χ3n) is 8.50. The number of pyridine rings is 2. The average molecular weight is 584 g/mol. The van der Waals surface area contributed by atoms with Gasteiger partial charge in [0.1, 0.15) is 22.7 Å². The molecule has 3 aromatic rings. The molecule has 1 aromatic carbocycles. The van der Waals surface area contributed by atoms with Crippen LogP contribution < -0.4 is 15.1 Å². The van der Waals surface area contributed by atoms with E-state index in [2.05, 4.69) is 20.2 Å². The van der Waals surface area contributed by atoms with Gasteiger partial charge < -0.3 is 15.1 Å². The van der Waals surface area contributed by atoms with Crippen LogP contribution in [0.1, 0.15) is 59.4 Å². The molecule has 4 heterocycles. The predicted octanol–water partition coefficient (Wildman–Crippen LogP) is 5.61. The second-order valence-electron chi connectivity index (χ2n) is 11.2. The lowest BCUT2D eigenvalue weighted by molar-refractivity contribution is -0.124. The zero-order chi connectivity index (χ0) is 28.9. The summed E-state index contributed by atoms with van der Waals surface area (Å²) >= 11 is 5.90. The molecule has 6 rings (SSSR count). The van der Waals surface area contributed by atoms with Gasteiger partial charge in [-0.05, 0) is 74.4 Å². The molecular formula is C30H29ClF3N5O2. The Morgan fingerprint density at radius 3 is 2.61 bits per heavy atom. The van der Waals surface area contributed by atoms with E-state index in [4.69, 9.17) is 11.6 Å². The first-order valence-electron chi connectivity index (χ1n) is 13.7. The Morgan fingerprint density at radius 2 is 1.90 bits per heavy atom. The number of nitrogens with zero attached hydrogens (tertiary/aromatic N) is 4. The van der Waals surface area contributed by atoms with E-state index in [9.17, 15) is 22.8 Å². The summed E-state index contributed by atoms with van der Waals surface area (Å²) in [6.07, 6.45) is 0.907. The van der Waals surface area contributed by atoms with Crippen LogP contribution in [0.3, 0.4) is 0 Å². The largest absolute Gasteiger partial charge is 0.354 e. The van der Waals surface area contributed by atoms with E-state index in [-0.39, 0.29) is 34.3 Å². The summed E-state index contributed by atoms with van der Waals surface area (Å²) in [5.74, 6) is -0.0688. The molecule has 0 atom stereocenters. The molecule has 0 unspecified atom stereocenters. The lowest BCUT2D eigenvalue weighted by atomic mass is 9.74. The van der Waals surface area contributed by atoms with Gasteiger partial charge in [-0.1, -0.05) is 23.7 Å². The molecular weight excluding hydrogens is 555 g/mol. The lowest BCUT2D eigenvalue weighted by Gasteiger charge is -2.47. The van der Waals surface area contributed by atoms with Crippen molar-refractivity contribution in [2.45, 2.75) is 50.5 Å². The Labute approximate surface area is 240 Å². The number of amides is 2. The molecule has 2 aromatic heterocycles. The third kappa shape index (κ3) is 5.03. The molecule has 3 aliphatic rings. The number of carbonyl (C=O) groups is 2. The first-order chi connectivity index (χ1) is 19.6. The maximum Gasteiger partial charge on any atom is 0.281 e. The van der Waals surface area contributed by atoms with Gasteiger partial charge in [0.05, 0.1) is 16.3 Å². The van der Waals surface area contributed by atoms with E-state index in [0.717, 1.165) is 36.1 Å². The summed E-state index contributed by atoms with van der Waals surface area (Å²) < 4.78 is 41.1. The van der Waals surface area contributed by atoms with Crippen LogP contribution in [0.5, 0.6) is 0 Å². The van der Waals surface area contributed by atoms with Gasteiger partial charge in [-0.25, -0.2) is 18.2 Å². The summed E-state index contributed by atoms with van der Waals surface area (Å²) in [4.78, 5) is 38.7. The summed E-state index contributed by atoms with van der Waals surface area (Å²) in [6, 6.07) is 11.4.